The smallest absolute Gasteiger partial charge is 0.173 e. The summed E-state index contributed by atoms with van der Waals surface area (Å²) in [4.78, 5) is 42.2. The maximum atomic E-state index is 14.4. The molecule has 3 atom stereocenters. The van der Waals surface area contributed by atoms with Gasteiger partial charge in [-0.25, -0.2) is 0 Å². The molecule has 1 aliphatic rings. The zero-order chi connectivity index (χ0) is 26.4. The van der Waals surface area contributed by atoms with Crippen molar-refractivity contribution in [2.24, 2.45) is 28.6 Å². The summed E-state index contributed by atoms with van der Waals surface area (Å²) in [6, 6.07) is 9.06. The molecule has 0 N–H and O–H groups in total. The number of Topliss-reactive ketones (excluding diaryl/α,β-unsaturated/α-hetero) is 3. The Morgan fingerprint density at radius 3 is 2.14 bits per heavy atom. The molecule has 0 aliphatic heterocycles. The second kappa shape index (κ2) is 11.9. The summed E-state index contributed by atoms with van der Waals surface area (Å²) in [6.07, 6.45) is 10.1. The Hall–Kier alpha value is -2.55. The second-order valence-corrected chi connectivity index (χ2v) is 11.6. The fraction of sp³-hybridized carbons (Fsp3) is 0.531. The van der Waals surface area contributed by atoms with Crippen LogP contribution in [0.3, 0.4) is 0 Å². The highest BCUT2D eigenvalue weighted by molar-refractivity contribution is 6.20. The van der Waals surface area contributed by atoms with Crippen molar-refractivity contribution in [2.75, 3.05) is 0 Å². The van der Waals surface area contributed by atoms with Crippen LogP contribution in [0.4, 0.5) is 0 Å². The van der Waals surface area contributed by atoms with Gasteiger partial charge in [-0.05, 0) is 64.2 Å². The summed E-state index contributed by atoms with van der Waals surface area (Å²) in [5.74, 6) is -1.15. The first-order valence-electron chi connectivity index (χ1n) is 13.0. The van der Waals surface area contributed by atoms with E-state index in [1.165, 1.54) is 5.57 Å². The number of rotatable bonds is 10. The molecule has 0 radical (unpaired) electrons. The fourth-order valence-electron chi connectivity index (χ4n) is 5.14. The van der Waals surface area contributed by atoms with E-state index in [0.717, 1.165) is 12.0 Å². The molecule has 0 saturated heterocycles. The summed E-state index contributed by atoms with van der Waals surface area (Å²) in [7, 11) is 0. The molecule has 0 amide bonds. The van der Waals surface area contributed by atoms with Gasteiger partial charge in [0.25, 0.3) is 0 Å². The maximum Gasteiger partial charge on any atom is 0.173 e. The zero-order valence-electron chi connectivity index (χ0n) is 23.0. The Morgan fingerprint density at radius 1 is 1.00 bits per heavy atom. The van der Waals surface area contributed by atoms with Gasteiger partial charge in [0.15, 0.2) is 17.3 Å². The second-order valence-electron chi connectivity index (χ2n) is 11.6. The third-order valence-electron chi connectivity index (χ3n) is 7.38. The van der Waals surface area contributed by atoms with Crippen LogP contribution in [0.25, 0.3) is 0 Å². The van der Waals surface area contributed by atoms with Gasteiger partial charge in [0.1, 0.15) is 5.41 Å². The average Bonchev–Trinajstić information content (AvgIpc) is 2.77. The van der Waals surface area contributed by atoms with E-state index in [-0.39, 0.29) is 29.2 Å². The van der Waals surface area contributed by atoms with Crippen molar-refractivity contribution in [1.82, 2.24) is 0 Å². The molecule has 0 heterocycles. The lowest BCUT2D eigenvalue weighted by Crippen LogP contribution is -2.57. The highest BCUT2D eigenvalue weighted by Crippen LogP contribution is 2.54. The lowest BCUT2D eigenvalue weighted by atomic mass is 9.50. The number of hydrogen-bond donors (Lipinski definition) is 0. The predicted molar refractivity (Wildman–Crippen MR) is 145 cm³/mol. The van der Waals surface area contributed by atoms with Crippen LogP contribution < -0.4 is 0 Å². The topological polar surface area (TPSA) is 51.2 Å². The van der Waals surface area contributed by atoms with E-state index >= 15 is 0 Å². The number of carbonyl (C=O) groups is 3. The molecule has 0 bridgehead atoms. The molecule has 1 saturated carbocycles. The van der Waals surface area contributed by atoms with Crippen molar-refractivity contribution in [3.05, 3.63) is 71.3 Å². The van der Waals surface area contributed by atoms with Gasteiger partial charge in [0.2, 0.25) is 0 Å². The molecule has 1 aromatic carbocycles. The summed E-state index contributed by atoms with van der Waals surface area (Å²) in [5.41, 5.74) is 1.03. The predicted octanol–water partition coefficient (Wildman–Crippen LogP) is 7.97. The zero-order valence-corrected chi connectivity index (χ0v) is 23.0. The van der Waals surface area contributed by atoms with Crippen LogP contribution in [-0.4, -0.2) is 17.3 Å². The van der Waals surface area contributed by atoms with Crippen molar-refractivity contribution in [2.45, 2.75) is 81.1 Å². The standard InChI is InChI=1S/C32H44O3/c1-22(2)13-12-16-27(33)32(20-19-24(5)6)21-26(18-17-23(3)4)31(7,8)28(30(32)35)29(34)25-14-10-9-11-15-25/h9-11,13-15,17,19-20,24,26,28H,12,16,18,21H2,1-8H3/b20-19+/t26-,28-,32-/m0/s1. The van der Waals surface area contributed by atoms with E-state index in [9.17, 15) is 14.4 Å². The molecule has 0 spiro atoms. The van der Waals surface area contributed by atoms with Gasteiger partial charge in [-0.3, -0.25) is 14.4 Å². The van der Waals surface area contributed by atoms with Gasteiger partial charge in [-0.15, -0.1) is 0 Å². The fourth-order valence-corrected chi connectivity index (χ4v) is 5.14. The highest BCUT2D eigenvalue weighted by Gasteiger charge is 2.59. The summed E-state index contributed by atoms with van der Waals surface area (Å²) in [6.45, 7) is 16.3. The lowest BCUT2D eigenvalue weighted by molar-refractivity contribution is -0.149. The van der Waals surface area contributed by atoms with Crippen molar-refractivity contribution in [3.63, 3.8) is 0 Å². The van der Waals surface area contributed by atoms with Gasteiger partial charge >= 0.3 is 0 Å². The number of carbonyl (C=O) groups excluding carboxylic acids is 3. The number of benzene rings is 1. The minimum absolute atomic E-state index is 0.0111. The minimum Gasteiger partial charge on any atom is -0.298 e. The van der Waals surface area contributed by atoms with Crippen molar-refractivity contribution < 1.29 is 14.4 Å². The van der Waals surface area contributed by atoms with E-state index in [4.69, 9.17) is 0 Å². The van der Waals surface area contributed by atoms with Crippen LogP contribution in [0.2, 0.25) is 0 Å². The molecule has 2 rings (SSSR count). The van der Waals surface area contributed by atoms with Crippen molar-refractivity contribution >= 4 is 17.3 Å². The SMILES string of the molecule is CC(C)=CCCC(=O)[C@]1(/C=C/C(C)C)C[C@H](CC=C(C)C)C(C)(C)[C@@H](C(=O)c2ccccc2)C1=O. The Morgan fingerprint density at radius 2 is 1.60 bits per heavy atom. The molecule has 1 fully saturated rings. The van der Waals surface area contributed by atoms with Crippen molar-refractivity contribution in [1.29, 1.82) is 0 Å². The molecule has 0 unspecified atom stereocenters. The summed E-state index contributed by atoms with van der Waals surface area (Å²) in [5, 5.41) is 0. The van der Waals surface area contributed by atoms with Crippen LogP contribution in [0.15, 0.2) is 65.8 Å². The molecule has 0 aromatic heterocycles. The average molecular weight is 477 g/mol. The maximum absolute atomic E-state index is 14.4. The molecule has 35 heavy (non-hydrogen) atoms. The first kappa shape index (κ1) is 28.7. The van der Waals surface area contributed by atoms with Gasteiger partial charge in [-0.1, -0.05) is 93.5 Å². The van der Waals surface area contributed by atoms with Gasteiger partial charge in [-0.2, -0.15) is 0 Å². The van der Waals surface area contributed by atoms with Gasteiger partial charge < -0.3 is 0 Å². The van der Waals surface area contributed by atoms with E-state index in [0.29, 0.717) is 24.8 Å². The monoisotopic (exact) mass is 476 g/mol. The Bertz CT molecular complexity index is 999. The minimum atomic E-state index is -1.27. The Kier molecular flexibility index (Phi) is 9.77. The Labute approximate surface area is 212 Å². The quantitative estimate of drug-likeness (QED) is 0.195. The van der Waals surface area contributed by atoms with Crippen LogP contribution in [0, 0.1) is 28.6 Å². The third kappa shape index (κ3) is 6.78. The third-order valence-corrected chi connectivity index (χ3v) is 7.38. The van der Waals surface area contributed by atoms with Gasteiger partial charge in [0, 0.05) is 12.0 Å². The highest BCUT2D eigenvalue weighted by atomic mass is 16.2. The molecular formula is C32H44O3. The summed E-state index contributed by atoms with van der Waals surface area (Å²) >= 11 is 0. The Balaban J connectivity index is 2.69. The number of allylic oxidation sites excluding steroid dienone is 6. The first-order chi connectivity index (χ1) is 16.3. The molecule has 1 aromatic rings. The van der Waals surface area contributed by atoms with Crippen LogP contribution >= 0.6 is 0 Å². The largest absolute Gasteiger partial charge is 0.298 e. The van der Waals surface area contributed by atoms with E-state index in [2.05, 4.69) is 19.9 Å². The van der Waals surface area contributed by atoms with E-state index in [1.54, 1.807) is 12.1 Å². The molecular weight excluding hydrogens is 432 g/mol. The molecule has 3 nitrogen and oxygen atoms in total. The van der Waals surface area contributed by atoms with Crippen LogP contribution in [0.5, 0.6) is 0 Å². The van der Waals surface area contributed by atoms with E-state index < -0.39 is 16.7 Å². The normalized spacial score (nSPS) is 23.9. The van der Waals surface area contributed by atoms with Gasteiger partial charge in [0.05, 0.1) is 5.92 Å². The van der Waals surface area contributed by atoms with E-state index in [1.807, 2.05) is 78.0 Å². The number of ketones is 3. The number of hydrogen-bond acceptors (Lipinski definition) is 3. The van der Waals surface area contributed by atoms with Crippen LogP contribution in [-0.2, 0) is 9.59 Å². The molecule has 3 heteroatoms. The molecule has 1 aliphatic carbocycles. The van der Waals surface area contributed by atoms with Crippen molar-refractivity contribution in [3.8, 4) is 0 Å². The van der Waals surface area contributed by atoms with Crippen LogP contribution in [0.1, 0.15) is 91.4 Å². The lowest BCUT2D eigenvalue weighted by Gasteiger charge is -2.50. The first-order valence-corrected chi connectivity index (χ1v) is 13.0. The summed E-state index contributed by atoms with van der Waals surface area (Å²) < 4.78 is 0. The molecule has 190 valence electrons.